The molecule has 1 heterocycles. The minimum atomic E-state index is -0.954. The number of esters is 1. The Balaban J connectivity index is 1.61. The van der Waals surface area contributed by atoms with Gasteiger partial charge in [-0.1, -0.05) is 45.2 Å². The van der Waals surface area contributed by atoms with Gasteiger partial charge in [0, 0.05) is 6.04 Å². The van der Waals surface area contributed by atoms with E-state index in [-0.39, 0.29) is 29.0 Å². The SMILES string of the molecule is CC(C)[C@H](OC(=O)CN1C(=O)c2ccccc2C1=O)C(=O)NC1CCCCC1. The molecule has 3 amide bonds. The van der Waals surface area contributed by atoms with E-state index in [2.05, 4.69) is 5.32 Å². The third kappa shape index (κ3) is 4.24. The fourth-order valence-corrected chi connectivity index (χ4v) is 3.71. The molecule has 1 N–H and O–H groups in total. The maximum atomic E-state index is 12.6. The average Bonchev–Trinajstić information content (AvgIpc) is 2.92. The molecule has 0 radical (unpaired) electrons. The number of imide groups is 1. The Kier molecular flexibility index (Phi) is 6.11. The molecule has 0 bridgehead atoms. The summed E-state index contributed by atoms with van der Waals surface area (Å²) in [6.45, 7) is 3.08. The van der Waals surface area contributed by atoms with Gasteiger partial charge in [0.15, 0.2) is 6.10 Å². The number of amides is 3. The Morgan fingerprint density at radius 3 is 2.18 bits per heavy atom. The molecule has 7 heteroatoms. The second-order valence-corrected chi connectivity index (χ2v) is 7.74. The third-order valence-electron chi connectivity index (χ3n) is 5.24. The first kappa shape index (κ1) is 20.0. The van der Waals surface area contributed by atoms with E-state index >= 15 is 0 Å². The van der Waals surface area contributed by atoms with Crippen LogP contribution in [0.2, 0.25) is 0 Å². The quantitative estimate of drug-likeness (QED) is 0.598. The van der Waals surface area contributed by atoms with Crippen molar-refractivity contribution in [3.63, 3.8) is 0 Å². The summed E-state index contributed by atoms with van der Waals surface area (Å²) in [4.78, 5) is 50.6. The number of benzene rings is 1. The fourth-order valence-electron chi connectivity index (χ4n) is 3.71. The van der Waals surface area contributed by atoms with Gasteiger partial charge in [0.2, 0.25) is 0 Å². The molecular formula is C21H26N2O5. The molecule has 1 aromatic rings. The summed E-state index contributed by atoms with van der Waals surface area (Å²) in [6.07, 6.45) is 4.24. The number of hydrogen-bond donors (Lipinski definition) is 1. The average molecular weight is 386 g/mol. The van der Waals surface area contributed by atoms with Crippen molar-refractivity contribution in [2.45, 2.75) is 58.1 Å². The maximum absolute atomic E-state index is 12.6. The second-order valence-electron chi connectivity index (χ2n) is 7.74. The molecule has 2 aliphatic rings. The van der Waals surface area contributed by atoms with Gasteiger partial charge in [-0.2, -0.15) is 0 Å². The first-order valence-electron chi connectivity index (χ1n) is 9.83. The second kappa shape index (κ2) is 8.54. The van der Waals surface area contributed by atoms with Crippen molar-refractivity contribution in [3.8, 4) is 0 Å². The summed E-state index contributed by atoms with van der Waals surface area (Å²) in [5.41, 5.74) is 0.548. The predicted octanol–water partition coefficient (Wildman–Crippen LogP) is 2.30. The van der Waals surface area contributed by atoms with Crippen molar-refractivity contribution >= 4 is 23.7 Å². The standard InChI is InChI=1S/C21H26N2O5/c1-13(2)18(19(25)22-14-8-4-3-5-9-14)28-17(24)12-23-20(26)15-10-6-7-11-16(15)21(23)27/h6-7,10-11,13-14,18H,3-5,8-9,12H2,1-2H3,(H,22,25)/t18-/m0/s1. The third-order valence-corrected chi connectivity index (χ3v) is 5.24. The Hall–Kier alpha value is -2.70. The van der Waals surface area contributed by atoms with E-state index in [1.165, 1.54) is 6.42 Å². The minimum Gasteiger partial charge on any atom is -0.451 e. The lowest BCUT2D eigenvalue weighted by Gasteiger charge is -2.27. The van der Waals surface area contributed by atoms with Gasteiger partial charge in [0.25, 0.3) is 17.7 Å². The number of nitrogens with zero attached hydrogens (tertiary/aromatic N) is 1. The van der Waals surface area contributed by atoms with Crippen molar-refractivity contribution in [1.82, 2.24) is 10.2 Å². The van der Waals surface area contributed by atoms with Gasteiger partial charge >= 0.3 is 5.97 Å². The highest BCUT2D eigenvalue weighted by Crippen LogP contribution is 2.23. The van der Waals surface area contributed by atoms with Crippen molar-refractivity contribution in [2.75, 3.05) is 6.54 Å². The van der Waals surface area contributed by atoms with E-state index in [9.17, 15) is 19.2 Å². The lowest BCUT2D eigenvalue weighted by molar-refractivity contribution is -0.159. The van der Waals surface area contributed by atoms with Crippen LogP contribution in [0.25, 0.3) is 0 Å². The monoisotopic (exact) mass is 386 g/mol. The molecule has 28 heavy (non-hydrogen) atoms. The highest BCUT2D eigenvalue weighted by atomic mass is 16.5. The smallest absolute Gasteiger partial charge is 0.327 e. The van der Waals surface area contributed by atoms with Crippen molar-refractivity contribution in [1.29, 1.82) is 0 Å². The van der Waals surface area contributed by atoms with Crippen LogP contribution in [0, 0.1) is 5.92 Å². The molecule has 0 saturated heterocycles. The van der Waals surface area contributed by atoms with Crippen LogP contribution in [-0.2, 0) is 14.3 Å². The van der Waals surface area contributed by atoms with E-state index in [4.69, 9.17) is 4.74 Å². The Labute approximate surface area is 164 Å². The summed E-state index contributed by atoms with van der Waals surface area (Å²) < 4.78 is 5.38. The fraction of sp³-hybridized carbons (Fsp3) is 0.524. The van der Waals surface area contributed by atoms with Crippen LogP contribution in [0.5, 0.6) is 0 Å². The van der Waals surface area contributed by atoms with Crippen LogP contribution >= 0.6 is 0 Å². The molecule has 3 rings (SSSR count). The zero-order valence-electron chi connectivity index (χ0n) is 16.3. The van der Waals surface area contributed by atoms with E-state index in [0.29, 0.717) is 0 Å². The Morgan fingerprint density at radius 2 is 1.64 bits per heavy atom. The van der Waals surface area contributed by atoms with E-state index in [0.717, 1.165) is 30.6 Å². The van der Waals surface area contributed by atoms with Gasteiger partial charge in [0.1, 0.15) is 6.54 Å². The summed E-state index contributed by atoms with van der Waals surface area (Å²) in [7, 11) is 0. The Morgan fingerprint density at radius 1 is 1.07 bits per heavy atom. The maximum Gasteiger partial charge on any atom is 0.327 e. The summed E-state index contributed by atoms with van der Waals surface area (Å²) in [6, 6.07) is 6.54. The minimum absolute atomic E-state index is 0.109. The van der Waals surface area contributed by atoms with Crippen molar-refractivity contribution in [3.05, 3.63) is 35.4 Å². The van der Waals surface area contributed by atoms with E-state index in [1.54, 1.807) is 38.1 Å². The topological polar surface area (TPSA) is 92.8 Å². The van der Waals surface area contributed by atoms with Crippen molar-refractivity contribution in [2.24, 2.45) is 5.92 Å². The summed E-state index contributed by atoms with van der Waals surface area (Å²) in [5.74, 6) is -2.37. The van der Waals surface area contributed by atoms with Crippen LogP contribution in [0.4, 0.5) is 0 Å². The molecule has 1 atom stereocenters. The van der Waals surface area contributed by atoms with Crippen molar-refractivity contribution < 1.29 is 23.9 Å². The van der Waals surface area contributed by atoms with E-state index < -0.39 is 30.4 Å². The summed E-state index contributed by atoms with van der Waals surface area (Å²) >= 11 is 0. The lowest BCUT2D eigenvalue weighted by Crippen LogP contribution is -2.47. The van der Waals surface area contributed by atoms with Gasteiger partial charge in [-0.3, -0.25) is 24.1 Å². The molecule has 0 unspecified atom stereocenters. The zero-order valence-corrected chi connectivity index (χ0v) is 16.3. The van der Waals surface area contributed by atoms with Gasteiger partial charge < -0.3 is 10.1 Å². The number of carbonyl (C=O) groups is 4. The largest absolute Gasteiger partial charge is 0.451 e. The number of nitrogens with one attached hydrogen (secondary N) is 1. The molecule has 150 valence electrons. The molecule has 1 aliphatic carbocycles. The van der Waals surface area contributed by atoms with Gasteiger partial charge in [0.05, 0.1) is 11.1 Å². The number of carbonyl (C=O) groups excluding carboxylic acids is 4. The summed E-state index contributed by atoms with van der Waals surface area (Å²) in [5, 5.41) is 2.97. The van der Waals surface area contributed by atoms with Gasteiger partial charge in [-0.15, -0.1) is 0 Å². The molecule has 0 spiro atoms. The first-order valence-corrected chi connectivity index (χ1v) is 9.83. The molecule has 7 nitrogen and oxygen atoms in total. The van der Waals surface area contributed by atoms with Crippen LogP contribution in [0.1, 0.15) is 66.7 Å². The molecule has 1 fully saturated rings. The van der Waals surface area contributed by atoms with Crippen LogP contribution in [0.15, 0.2) is 24.3 Å². The normalized spacial score (nSPS) is 18.2. The number of ether oxygens (including phenoxy) is 1. The zero-order chi connectivity index (χ0) is 20.3. The number of fused-ring (bicyclic) bond motifs is 1. The van der Waals surface area contributed by atoms with Gasteiger partial charge in [-0.25, -0.2) is 0 Å². The van der Waals surface area contributed by atoms with Crippen LogP contribution in [-0.4, -0.2) is 47.3 Å². The highest BCUT2D eigenvalue weighted by molar-refractivity contribution is 6.22. The molecule has 1 saturated carbocycles. The van der Waals surface area contributed by atoms with E-state index in [1.807, 2.05) is 0 Å². The Bertz CT molecular complexity index is 748. The van der Waals surface area contributed by atoms with Crippen LogP contribution in [0.3, 0.4) is 0 Å². The molecule has 1 aromatic carbocycles. The predicted molar refractivity (Wildman–Crippen MR) is 102 cm³/mol. The van der Waals surface area contributed by atoms with Gasteiger partial charge in [-0.05, 0) is 30.9 Å². The molecular weight excluding hydrogens is 360 g/mol. The highest BCUT2D eigenvalue weighted by Gasteiger charge is 2.38. The lowest BCUT2D eigenvalue weighted by atomic mass is 9.95. The number of rotatable bonds is 6. The number of hydrogen-bond acceptors (Lipinski definition) is 5. The molecule has 1 aliphatic heterocycles. The van der Waals surface area contributed by atoms with Crippen LogP contribution < -0.4 is 5.32 Å². The first-order chi connectivity index (χ1) is 13.4. The molecule has 0 aromatic heterocycles.